The van der Waals surface area contributed by atoms with Gasteiger partial charge in [0.1, 0.15) is 0 Å². The van der Waals surface area contributed by atoms with Gasteiger partial charge in [0.05, 0.1) is 0 Å². The second-order valence-electron chi connectivity index (χ2n) is 5.93. The molecule has 0 aromatic heterocycles. The molecule has 0 bridgehead atoms. The lowest BCUT2D eigenvalue weighted by molar-refractivity contribution is 0.301. The number of hydrogen-bond donors (Lipinski definition) is 1. The van der Waals surface area contributed by atoms with E-state index in [2.05, 4.69) is 42.4 Å². The third kappa shape index (κ3) is 4.12. The maximum Gasteiger partial charge on any atom is 0.00989 e. The molecule has 0 saturated carbocycles. The molecule has 0 saturated heterocycles. The van der Waals surface area contributed by atoms with E-state index < -0.39 is 0 Å². The number of aryl methyl sites for hydroxylation is 1. The average Bonchev–Trinajstić information content (AvgIpc) is 2.50. The largest absolute Gasteiger partial charge is 0.314 e. The summed E-state index contributed by atoms with van der Waals surface area (Å²) in [4.78, 5) is 0. The first-order chi connectivity index (χ1) is 9.85. The molecule has 1 aromatic rings. The van der Waals surface area contributed by atoms with Crippen LogP contribution >= 0.6 is 0 Å². The Hall–Kier alpha value is -1.26. The Morgan fingerprint density at radius 1 is 1.35 bits per heavy atom. The Morgan fingerprint density at radius 3 is 2.90 bits per heavy atom. The van der Waals surface area contributed by atoms with Crippen LogP contribution in [-0.2, 0) is 12.8 Å². The average molecular weight is 269 g/mol. The van der Waals surface area contributed by atoms with E-state index >= 15 is 0 Å². The number of fused-ring (bicyclic) bond motifs is 1. The number of hydrogen-bond acceptors (Lipinski definition) is 1. The molecule has 2 unspecified atom stereocenters. The standard InChI is InChI=1S/C19H27N/c1-3-5-6-11-19(20-14-4-2)18-13-12-16-9-7-8-10-17(16)15-18/h1,7-10,18-20H,4-6,11-15H2,2H3. The minimum Gasteiger partial charge on any atom is -0.314 e. The van der Waals surface area contributed by atoms with Crippen LogP contribution in [0.5, 0.6) is 0 Å². The molecule has 2 atom stereocenters. The van der Waals surface area contributed by atoms with Crippen molar-refractivity contribution >= 4 is 0 Å². The number of benzene rings is 1. The van der Waals surface area contributed by atoms with Gasteiger partial charge in [-0.15, -0.1) is 12.3 Å². The molecule has 0 radical (unpaired) electrons. The Labute approximate surface area is 124 Å². The van der Waals surface area contributed by atoms with Crippen LogP contribution in [0.3, 0.4) is 0 Å². The molecule has 1 aliphatic carbocycles. The molecule has 1 heteroatoms. The molecule has 0 heterocycles. The van der Waals surface area contributed by atoms with Gasteiger partial charge in [-0.05, 0) is 62.1 Å². The van der Waals surface area contributed by atoms with Crippen molar-refractivity contribution in [2.24, 2.45) is 5.92 Å². The third-order valence-corrected chi connectivity index (χ3v) is 4.45. The minimum atomic E-state index is 0.636. The van der Waals surface area contributed by atoms with Gasteiger partial charge in [0.15, 0.2) is 0 Å². The molecule has 2 rings (SSSR count). The van der Waals surface area contributed by atoms with Gasteiger partial charge in [0.2, 0.25) is 0 Å². The van der Waals surface area contributed by atoms with Gasteiger partial charge in [-0.2, -0.15) is 0 Å². The number of unbranched alkanes of at least 4 members (excludes halogenated alkanes) is 1. The van der Waals surface area contributed by atoms with E-state index in [0.717, 1.165) is 25.3 Å². The van der Waals surface area contributed by atoms with Crippen LogP contribution in [-0.4, -0.2) is 12.6 Å². The van der Waals surface area contributed by atoms with E-state index in [9.17, 15) is 0 Å². The zero-order valence-electron chi connectivity index (χ0n) is 12.7. The molecular weight excluding hydrogens is 242 g/mol. The summed E-state index contributed by atoms with van der Waals surface area (Å²) in [6.07, 6.45) is 13.6. The van der Waals surface area contributed by atoms with Crippen molar-refractivity contribution in [1.29, 1.82) is 0 Å². The second-order valence-corrected chi connectivity index (χ2v) is 5.93. The predicted molar refractivity (Wildman–Crippen MR) is 86.7 cm³/mol. The summed E-state index contributed by atoms with van der Waals surface area (Å²) in [5.74, 6) is 3.54. The van der Waals surface area contributed by atoms with Crippen molar-refractivity contribution in [3.05, 3.63) is 35.4 Å². The van der Waals surface area contributed by atoms with Crippen LogP contribution in [0.15, 0.2) is 24.3 Å². The molecule has 108 valence electrons. The SMILES string of the molecule is C#CCCCC(NCCC)C1CCc2ccccc2C1. The van der Waals surface area contributed by atoms with Gasteiger partial charge in [-0.1, -0.05) is 31.2 Å². The lowest BCUT2D eigenvalue weighted by Gasteiger charge is -2.32. The first-order valence-corrected chi connectivity index (χ1v) is 8.08. The van der Waals surface area contributed by atoms with Crippen LogP contribution in [0.4, 0.5) is 0 Å². The van der Waals surface area contributed by atoms with Crippen molar-refractivity contribution in [2.75, 3.05) is 6.54 Å². The highest BCUT2D eigenvalue weighted by atomic mass is 14.9. The number of terminal acetylenes is 1. The van der Waals surface area contributed by atoms with Gasteiger partial charge in [-0.25, -0.2) is 0 Å². The quantitative estimate of drug-likeness (QED) is 0.583. The van der Waals surface area contributed by atoms with E-state index in [-0.39, 0.29) is 0 Å². The molecule has 0 aliphatic heterocycles. The van der Waals surface area contributed by atoms with Crippen molar-refractivity contribution in [1.82, 2.24) is 5.32 Å². The van der Waals surface area contributed by atoms with E-state index in [1.807, 2.05) is 0 Å². The van der Waals surface area contributed by atoms with E-state index in [1.165, 1.54) is 32.1 Å². The summed E-state index contributed by atoms with van der Waals surface area (Å²) in [5.41, 5.74) is 3.12. The maximum atomic E-state index is 5.39. The predicted octanol–water partition coefficient (Wildman–Crippen LogP) is 3.96. The Morgan fingerprint density at radius 2 is 2.15 bits per heavy atom. The zero-order valence-corrected chi connectivity index (χ0v) is 12.7. The Kier molecular flexibility index (Phi) is 6.15. The Balaban J connectivity index is 1.97. The molecule has 20 heavy (non-hydrogen) atoms. The van der Waals surface area contributed by atoms with E-state index in [0.29, 0.717) is 6.04 Å². The highest BCUT2D eigenvalue weighted by Crippen LogP contribution is 2.29. The normalized spacial score (nSPS) is 19.1. The van der Waals surface area contributed by atoms with E-state index in [4.69, 9.17) is 6.42 Å². The molecule has 1 aromatic carbocycles. The first-order valence-electron chi connectivity index (χ1n) is 8.08. The summed E-state index contributed by atoms with van der Waals surface area (Å²) >= 11 is 0. The van der Waals surface area contributed by atoms with Crippen LogP contribution < -0.4 is 5.32 Å². The van der Waals surface area contributed by atoms with Gasteiger partial charge < -0.3 is 5.32 Å². The summed E-state index contributed by atoms with van der Waals surface area (Å²) in [5, 5.41) is 3.76. The molecule has 1 nitrogen and oxygen atoms in total. The molecule has 0 fully saturated rings. The summed E-state index contributed by atoms with van der Waals surface area (Å²) < 4.78 is 0. The van der Waals surface area contributed by atoms with Gasteiger partial charge in [-0.3, -0.25) is 0 Å². The molecule has 0 amide bonds. The molecular formula is C19H27N. The van der Waals surface area contributed by atoms with Crippen LogP contribution in [0.25, 0.3) is 0 Å². The fourth-order valence-electron chi connectivity index (χ4n) is 3.33. The molecule has 1 aliphatic rings. The van der Waals surface area contributed by atoms with Crippen molar-refractivity contribution in [3.63, 3.8) is 0 Å². The molecule has 0 spiro atoms. The highest BCUT2D eigenvalue weighted by Gasteiger charge is 2.25. The van der Waals surface area contributed by atoms with E-state index in [1.54, 1.807) is 11.1 Å². The highest BCUT2D eigenvalue weighted by molar-refractivity contribution is 5.30. The summed E-state index contributed by atoms with van der Waals surface area (Å²) in [6.45, 7) is 3.36. The maximum absolute atomic E-state index is 5.39. The summed E-state index contributed by atoms with van der Waals surface area (Å²) in [6, 6.07) is 9.57. The second kappa shape index (κ2) is 8.12. The topological polar surface area (TPSA) is 12.0 Å². The smallest absolute Gasteiger partial charge is 0.00989 e. The van der Waals surface area contributed by atoms with Gasteiger partial charge in [0.25, 0.3) is 0 Å². The zero-order chi connectivity index (χ0) is 14.2. The van der Waals surface area contributed by atoms with Gasteiger partial charge >= 0.3 is 0 Å². The molecule has 1 N–H and O–H groups in total. The minimum absolute atomic E-state index is 0.636. The lowest BCUT2D eigenvalue weighted by Crippen LogP contribution is -2.39. The lowest BCUT2D eigenvalue weighted by atomic mass is 9.78. The third-order valence-electron chi connectivity index (χ3n) is 4.45. The van der Waals surface area contributed by atoms with Crippen molar-refractivity contribution in [2.45, 2.75) is 57.9 Å². The number of nitrogens with one attached hydrogen (secondary N) is 1. The summed E-state index contributed by atoms with van der Waals surface area (Å²) in [7, 11) is 0. The number of rotatable bonds is 7. The first kappa shape index (κ1) is 15.1. The fourth-order valence-corrected chi connectivity index (χ4v) is 3.33. The Bertz CT molecular complexity index is 443. The van der Waals surface area contributed by atoms with Crippen LogP contribution in [0.1, 0.15) is 50.2 Å². The monoisotopic (exact) mass is 269 g/mol. The van der Waals surface area contributed by atoms with Crippen molar-refractivity contribution in [3.8, 4) is 12.3 Å². The van der Waals surface area contributed by atoms with Gasteiger partial charge in [0, 0.05) is 12.5 Å². The van der Waals surface area contributed by atoms with Crippen LogP contribution in [0.2, 0.25) is 0 Å². The fraction of sp³-hybridized carbons (Fsp3) is 0.579. The van der Waals surface area contributed by atoms with Crippen LogP contribution in [0, 0.1) is 18.3 Å². The van der Waals surface area contributed by atoms with Crippen molar-refractivity contribution < 1.29 is 0 Å².